The van der Waals surface area contributed by atoms with Crippen molar-refractivity contribution in [3.63, 3.8) is 0 Å². The van der Waals surface area contributed by atoms with Crippen LogP contribution >= 0.6 is 11.5 Å². The third-order valence-electron chi connectivity index (χ3n) is 3.53. The SMILES string of the molecule is Cc1ccc(NC(=O)Nc2snnc2C(=O)N2CCOCC2)cc1. The smallest absolute Gasteiger partial charge is 0.324 e. The van der Waals surface area contributed by atoms with Gasteiger partial charge in [0.2, 0.25) is 0 Å². The average Bonchev–Trinajstić information content (AvgIpc) is 3.05. The number of amides is 3. The van der Waals surface area contributed by atoms with Crippen molar-refractivity contribution in [1.29, 1.82) is 0 Å². The van der Waals surface area contributed by atoms with Gasteiger partial charge in [0.15, 0.2) is 10.7 Å². The second kappa shape index (κ2) is 7.37. The van der Waals surface area contributed by atoms with Gasteiger partial charge in [0.05, 0.1) is 13.2 Å². The van der Waals surface area contributed by atoms with Crippen LogP contribution < -0.4 is 10.6 Å². The van der Waals surface area contributed by atoms with Crippen molar-refractivity contribution < 1.29 is 14.3 Å². The van der Waals surface area contributed by atoms with Gasteiger partial charge in [0, 0.05) is 30.3 Å². The van der Waals surface area contributed by atoms with Gasteiger partial charge in [0.1, 0.15) is 0 Å². The maximum Gasteiger partial charge on any atom is 0.324 e. The molecule has 8 nitrogen and oxygen atoms in total. The molecule has 1 saturated heterocycles. The molecule has 0 bridgehead atoms. The van der Waals surface area contributed by atoms with E-state index in [1.165, 1.54) is 0 Å². The molecular weight excluding hydrogens is 330 g/mol. The van der Waals surface area contributed by atoms with Gasteiger partial charge in [-0.3, -0.25) is 10.1 Å². The number of rotatable bonds is 3. The normalized spacial score (nSPS) is 14.3. The fraction of sp³-hybridized carbons (Fsp3) is 0.333. The molecule has 0 aliphatic carbocycles. The number of nitrogens with one attached hydrogen (secondary N) is 2. The first-order chi connectivity index (χ1) is 11.6. The molecule has 24 heavy (non-hydrogen) atoms. The summed E-state index contributed by atoms with van der Waals surface area (Å²) in [6, 6.07) is 6.97. The molecule has 0 spiro atoms. The number of carbonyl (C=O) groups is 2. The summed E-state index contributed by atoms with van der Waals surface area (Å²) in [6.07, 6.45) is 0. The van der Waals surface area contributed by atoms with E-state index in [-0.39, 0.29) is 11.6 Å². The van der Waals surface area contributed by atoms with Gasteiger partial charge < -0.3 is 15.0 Å². The van der Waals surface area contributed by atoms with Crippen LogP contribution in [0.1, 0.15) is 16.1 Å². The zero-order chi connectivity index (χ0) is 16.9. The molecule has 1 fully saturated rings. The van der Waals surface area contributed by atoms with Gasteiger partial charge >= 0.3 is 6.03 Å². The number of morpholine rings is 1. The first-order valence-corrected chi connectivity index (χ1v) is 8.25. The average molecular weight is 347 g/mol. The van der Waals surface area contributed by atoms with Crippen molar-refractivity contribution in [2.45, 2.75) is 6.92 Å². The third kappa shape index (κ3) is 3.87. The van der Waals surface area contributed by atoms with E-state index >= 15 is 0 Å². The second-order valence-corrected chi connectivity index (χ2v) is 6.05. The van der Waals surface area contributed by atoms with Crippen molar-refractivity contribution in [3.8, 4) is 0 Å². The van der Waals surface area contributed by atoms with Gasteiger partial charge in [-0.05, 0) is 19.1 Å². The Bertz CT molecular complexity index is 725. The van der Waals surface area contributed by atoms with Crippen LogP contribution in [-0.2, 0) is 4.74 Å². The van der Waals surface area contributed by atoms with Gasteiger partial charge in [-0.25, -0.2) is 4.79 Å². The molecule has 1 aromatic heterocycles. The van der Waals surface area contributed by atoms with Crippen molar-refractivity contribution in [2.24, 2.45) is 0 Å². The van der Waals surface area contributed by atoms with E-state index < -0.39 is 6.03 Å². The number of hydrogen-bond acceptors (Lipinski definition) is 6. The Morgan fingerprint density at radius 2 is 1.88 bits per heavy atom. The summed E-state index contributed by atoms with van der Waals surface area (Å²) in [7, 11) is 0. The Balaban J connectivity index is 1.65. The van der Waals surface area contributed by atoms with Crippen molar-refractivity contribution in [3.05, 3.63) is 35.5 Å². The zero-order valence-corrected chi connectivity index (χ0v) is 13.9. The number of hydrogen-bond donors (Lipinski definition) is 2. The highest BCUT2D eigenvalue weighted by Gasteiger charge is 2.25. The topological polar surface area (TPSA) is 96.4 Å². The quantitative estimate of drug-likeness (QED) is 0.885. The maximum atomic E-state index is 12.5. The molecule has 1 aliphatic heterocycles. The Morgan fingerprint density at radius 3 is 2.58 bits per heavy atom. The molecule has 0 unspecified atom stereocenters. The van der Waals surface area contributed by atoms with E-state index in [2.05, 4.69) is 20.2 Å². The maximum absolute atomic E-state index is 12.5. The Labute approximate surface area is 143 Å². The molecule has 3 amide bonds. The number of nitrogens with zero attached hydrogens (tertiary/aromatic N) is 3. The monoisotopic (exact) mass is 347 g/mol. The first kappa shape index (κ1) is 16.3. The van der Waals surface area contributed by atoms with E-state index in [4.69, 9.17) is 4.74 Å². The fourth-order valence-corrected chi connectivity index (χ4v) is 2.79. The lowest BCUT2D eigenvalue weighted by molar-refractivity contribution is 0.0299. The molecule has 126 valence electrons. The third-order valence-corrected chi connectivity index (χ3v) is 4.17. The molecule has 9 heteroatoms. The lowest BCUT2D eigenvalue weighted by Crippen LogP contribution is -2.41. The van der Waals surface area contributed by atoms with Gasteiger partial charge in [-0.1, -0.05) is 22.2 Å². The predicted molar refractivity (Wildman–Crippen MR) is 90.5 cm³/mol. The number of benzene rings is 1. The van der Waals surface area contributed by atoms with Gasteiger partial charge in [0.25, 0.3) is 5.91 Å². The zero-order valence-electron chi connectivity index (χ0n) is 13.1. The first-order valence-electron chi connectivity index (χ1n) is 7.47. The summed E-state index contributed by atoms with van der Waals surface area (Å²) in [5, 5.41) is 9.53. The van der Waals surface area contributed by atoms with E-state index in [9.17, 15) is 9.59 Å². The molecule has 2 heterocycles. The number of anilines is 2. The summed E-state index contributed by atoms with van der Waals surface area (Å²) in [5.74, 6) is -0.252. The summed E-state index contributed by atoms with van der Waals surface area (Å²) in [6.45, 7) is 3.98. The van der Waals surface area contributed by atoms with Crippen LogP contribution in [0, 0.1) is 6.92 Å². The molecule has 2 aromatic rings. The fourth-order valence-electron chi connectivity index (χ4n) is 2.23. The lowest BCUT2D eigenvalue weighted by atomic mass is 10.2. The van der Waals surface area contributed by atoms with Crippen molar-refractivity contribution in [1.82, 2.24) is 14.5 Å². The Kier molecular flexibility index (Phi) is 5.02. The molecule has 0 atom stereocenters. The second-order valence-electron chi connectivity index (χ2n) is 5.30. The predicted octanol–water partition coefficient (Wildman–Crippen LogP) is 1.96. The van der Waals surface area contributed by atoms with Crippen LogP contribution in [0.4, 0.5) is 15.5 Å². The van der Waals surface area contributed by atoms with Crippen LogP contribution in [0.15, 0.2) is 24.3 Å². The minimum Gasteiger partial charge on any atom is -0.378 e. The van der Waals surface area contributed by atoms with E-state index in [1.807, 2.05) is 19.1 Å². The lowest BCUT2D eigenvalue weighted by Gasteiger charge is -2.26. The van der Waals surface area contributed by atoms with Crippen LogP contribution in [-0.4, -0.2) is 52.7 Å². The standard InChI is InChI=1S/C15H17N5O3S/c1-10-2-4-11(5-3-10)16-15(22)17-13-12(18-19-24-13)14(21)20-6-8-23-9-7-20/h2-5H,6-9H2,1H3,(H2,16,17,22). The number of ether oxygens (including phenoxy) is 1. The number of aryl methyl sites for hydroxylation is 1. The highest BCUT2D eigenvalue weighted by Crippen LogP contribution is 2.20. The van der Waals surface area contributed by atoms with E-state index in [1.54, 1.807) is 17.0 Å². The van der Waals surface area contributed by atoms with E-state index in [0.717, 1.165) is 17.1 Å². The van der Waals surface area contributed by atoms with Gasteiger partial charge in [-0.15, -0.1) is 5.10 Å². The number of urea groups is 1. The molecule has 2 N–H and O–H groups in total. The highest BCUT2D eigenvalue weighted by atomic mass is 32.1. The van der Waals surface area contributed by atoms with Crippen molar-refractivity contribution in [2.75, 3.05) is 36.9 Å². The Hall–Kier alpha value is -2.52. The summed E-state index contributed by atoms with van der Waals surface area (Å²) < 4.78 is 9.01. The molecular formula is C15H17N5O3S. The van der Waals surface area contributed by atoms with Crippen LogP contribution in [0.25, 0.3) is 0 Å². The molecule has 0 saturated carbocycles. The minimum absolute atomic E-state index is 0.154. The van der Waals surface area contributed by atoms with Gasteiger partial charge in [-0.2, -0.15) is 0 Å². The number of aromatic nitrogens is 2. The molecule has 3 rings (SSSR count). The van der Waals surface area contributed by atoms with Crippen LogP contribution in [0.5, 0.6) is 0 Å². The highest BCUT2D eigenvalue weighted by molar-refractivity contribution is 7.10. The van der Waals surface area contributed by atoms with Crippen LogP contribution in [0.2, 0.25) is 0 Å². The molecule has 0 radical (unpaired) electrons. The molecule has 1 aromatic carbocycles. The summed E-state index contributed by atoms with van der Waals surface area (Å²) in [5.41, 5.74) is 1.92. The van der Waals surface area contributed by atoms with E-state index in [0.29, 0.717) is 37.0 Å². The number of carbonyl (C=O) groups excluding carboxylic acids is 2. The summed E-state index contributed by atoms with van der Waals surface area (Å²) in [4.78, 5) is 26.2. The Morgan fingerprint density at radius 1 is 1.17 bits per heavy atom. The summed E-state index contributed by atoms with van der Waals surface area (Å²) >= 11 is 0.971. The molecule has 1 aliphatic rings. The van der Waals surface area contributed by atoms with Crippen LogP contribution in [0.3, 0.4) is 0 Å². The minimum atomic E-state index is -0.444. The van der Waals surface area contributed by atoms with Crippen molar-refractivity contribution >= 4 is 34.2 Å². The largest absolute Gasteiger partial charge is 0.378 e.